The summed E-state index contributed by atoms with van der Waals surface area (Å²) < 4.78 is 5.65. The molecule has 116 valence electrons. The number of rotatable bonds is 4. The maximum Gasteiger partial charge on any atom is 0.237 e. The number of nitrogens with zero attached hydrogens (tertiary/aromatic N) is 2. The average Bonchev–Trinajstić information content (AvgIpc) is 3.05. The van der Waals surface area contributed by atoms with Crippen molar-refractivity contribution in [2.75, 3.05) is 0 Å². The van der Waals surface area contributed by atoms with Crippen LogP contribution in [0, 0.1) is 0 Å². The Labute approximate surface area is 135 Å². The zero-order valence-corrected chi connectivity index (χ0v) is 12.9. The molecule has 4 rings (SSSR count). The SMILES string of the molecule is NCc1ccc(-c2noc(C3(c4ccccc4)CCC3)n2)cc1. The molecule has 2 aromatic carbocycles. The maximum absolute atomic E-state index is 5.65. The van der Waals surface area contributed by atoms with Gasteiger partial charge in [-0.1, -0.05) is 66.2 Å². The second kappa shape index (κ2) is 5.63. The molecule has 0 spiro atoms. The van der Waals surface area contributed by atoms with Crippen LogP contribution in [0.1, 0.15) is 36.3 Å². The third-order valence-corrected chi connectivity index (χ3v) is 4.82. The van der Waals surface area contributed by atoms with E-state index in [0.717, 1.165) is 29.9 Å². The molecular weight excluding hydrogens is 286 g/mol. The van der Waals surface area contributed by atoms with Crippen LogP contribution in [0.3, 0.4) is 0 Å². The first-order valence-electron chi connectivity index (χ1n) is 8.01. The summed E-state index contributed by atoms with van der Waals surface area (Å²) >= 11 is 0. The first-order valence-corrected chi connectivity index (χ1v) is 8.01. The van der Waals surface area contributed by atoms with Gasteiger partial charge in [0.05, 0.1) is 5.41 Å². The number of nitrogens with two attached hydrogens (primary N) is 1. The molecule has 1 fully saturated rings. The summed E-state index contributed by atoms with van der Waals surface area (Å²) in [6, 6.07) is 18.5. The van der Waals surface area contributed by atoms with E-state index >= 15 is 0 Å². The normalized spacial score (nSPS) is 16.0. The number of hydrogen-bond donors (Lipinski definition) is 1. The van der Waals surface area contributed by atoms with Crippen molar-refractivity contribution < 1.29 is 4.52 Å². The topological polar surface area (TPSA) is 64.9 Å². The molecule has 4 heteroatoms. The lowest BCUT2D eigenvalue weighted by Crippen LogP contribution is -2.35. The van der Waals surface area contributed by atoms with Gasteiger partial charge >= 0.3 is 0 Å². The Hall–Kier alpha value is -2.46. The van der Waals surface area contributed by atoms with Gasteiger partial charge in [-0.05, 0) is 24.0 Å². The predicted molar refractivity (Wildman–Crippen MR) is 88.7 cm³/mol. The molecule has 2 N–H and O–H groups in total. The quantitative estimate of drug-likeness (QED) is 0.799. The molecule has 4 nitrogen and oxygen atoms in total. The number of benzene rings is 2. The summed E-state index contributed by atoms with van der Waals surface area (Å²) in [5.74, 6) is 1.37. The van der Waals surface area contributed by atoms with Crippen molar-refractivity contribution in [1.82, 2.24) is 10.1 Å². The Morgan fingerprint density at radius 3 is 2.35 bits per heavy atom. The summed E-state index contributed by atoms with van der Waals surface area (Å²) in [6.07, 6.45) is 3.31. The highest BCUT2D eigenvalue weighted by Crippen LogP contribution is 2.48. The minimum absolute atomic E-state index is 0.107. The highest BCUT2D eigenvalue weighted by Gasteiger charge is 2.45. The standard InChI is InChI=1S/C19H19N3O/c20-13-14-7-9-15(10-8-14)17-21-18(23-22-17)19(11-4-12-19)16-5-2-1-3-6-16/h1-3,5-10H,4,11-13,20H2. The molecule has 3 aromatic rings. The molecule has 1 heterocycles. The van der Waals surface area contributed by atoms with Gasteiger partial charge in [-0.25, -0.2) is 0 Å². The summed E-state index contributed by atoms with van der Waals surface area (Å²) in [4.78, 5) is 4.70. The lowest BCUT2D eigenvalue weighted by atomic mass is 9.64. The molecule has 0 unspecified atom stereocenters. The van der Waals surface area contributed by atoms with E-state index in [0.29, 0.717) is 12.4 Å². The fourth-order valence-electron chi connectivity index (χ4n) is 3.24. The van der Waals surface area contributed by atoms with Crippen molar-refractivity contribution in [3.05, 3.63) is 71.6 Å². The Morgan fingerprint density at radius 2 is 1.74 bits per heavy atom. The molecule has 0 amide bonds. The van der Waals surface area contributed by atoms with E-state index in [1.54, 1.807) is 0 Å². The van der Waals surface area contributed by atoms with E-state index in [2.05, 4.69) is 29.4 Å². The summed E-state index contributed by atoms with van der Waals surface area (Å²) in [5, 5.41) is 4.20. The minimum atomic E-state index is -0.107. The van der Waals surface area contributed by atoms with Crippen LogP contribution < -0.4 is 5.73 Å². The molecule has 0 radical (unpaired) electrons. The van der Waals surface area contributed by atoms with Gasteiger partial charge in [-0.15, -0.1) is 0 Å². The molecule has 0 bridgehead atoms. The molecule has 0 saturated heterocycles. The third kappa shape index (κ3) is 2.35. The van der Waals surface area contributed by atoms with Crippen LogP contribution in [-0.2, 0) is 12.0 Å². The lowest BCUT2D eigenvalue weighted by Gasteiger charge is -2.38. The van der Waals surface area contributed by atoms with Crippen molar-refractivity contribution in [1.29, 1.82) is 0 Å². The van der Waals surface area contributed by atoms with Crippen LogP contribution >= 0.6 is 0 Å². The van der Waals surface area contributed by atoms with Crippen molar-refractivity contribution in [3.8, 4) is 11.4 Å². The van der Waals surface area contributed by atoms with Gasteiger partial charge in [-0.3, -0.25) is 0 Å². The molecular formula is C19H19N3O. The van der Waals surface area contributed by atoms with Crippen molar-refractivity contribution in [2.45, 2.75) is 31.2 Å². The molecule has 1 aromatic heterocycles. The van der Waals surface area contributed by atoms with Crippen molar-refractivity contribution >= 4 is 0 Å². The van der Waals surface area contributed by atoms with Crippen LogP contribution in [-0.4, -0.2) is 10.1 Å². The van der Waals surface area contributed by atoms with E-state index in [1.165, 1.54) is 12.0 Å². The minimum Gasteiger partial charge on any atom is -0.338 e. The van der Waals surface area contributed by atoms with E-state index in [1.807, 2.05) is 30.3 Å². The molecule has 1 aliphatic carbocycles. The Bertz CT molecular complexity index is 789. The molecule has 0 aliphatic heterocycles. The van der Waals surface area contributed by atoms with Crippen molar-refractivity contribution in [3.63, 3.8) is 0 Å². The van der Waals surface area contributed by atoms with E-state index in [4.69, 9.17) is 15.2 Å². The molecule has 1 aliphatic rings. The zero-order chi connectivity index (χ0) is 15.7. The van der Waals surface area contributed by atoms with Gasteiger partial charge in [0, 0.05) is 12.1 Å². The zero-order valence-electron chi connectivity index (χ0n) is 12.9. The van der Waals surface area contributed by atoms with Crippen molar-refractivity contribution in [2.24, 2.45) is 5.73 Å². The Balaban J connectivity index is 1.69. The Kier molecular flexibility index (Phi) is 3.46. The largest absolute Gasteiger partial charge is 0.338 e. The van der Waals surface area contributed by atoms with Crippen LogP contribution in [0.4, 0.5) is 0 Å². The fraction of sp³-hybridized carbons (Fsp3) is 0.263. The number of hydrogen-bond acceptors (Lipinski definition) is 4. The van der Waals surface area contributed by atoms with E-state index in [9.17, 15) is 0 Å². The first-order chi connectivity index (χ1) is 11.3. The second-order valence-electron chi connectivity index (χ2n) is 6.13. The van der Waals surface area contributed by atoms with Gasteiger partial charge in [0.1, 0.15) is 0 Å². The summed E-state index contributed by atoms with van der Waals surface area (Å²) in [7, 11) is 0. The second-order valence-corrected chi connectivity index (χ2v) is 6.13. The predicted octanol–water partition coefficient (Wildman–Crippen LogP) is 3.67. The van der Waals surface area contributed by atoms with Gasteiger partial charge < -0.3 is 10.3 Å². The van der Waals surface area contributed by atoms with Crippen LogP contribution in [0.5, 0.6) is 0 Å². The van der Waals surface area contributed by atoms with Crippen LogP contribution in [0.2, 0.25) is 0 Å². The molecule has 23 heavy (non-hydrogen) atoms. The molecule has 1 saturated carbocycles. The smallest absolute Gasteiger partial charge is 0.237 e. The van der Waals surface area contributed by atoms with Gasteiger partial charge in [0.25, 0.3) is 0 Å². The van der Waals surface area contributed by atoms with E-state index < -0.39 is 0 Å². The number of aromatic nitrogens is 2. The monoisotopic (exact) mass is 305 g/mol. The third-order valence-electron chi connectivity index (χ3n) is 4.82. The lowest BCUT2D eigenvalue weighted by molar-refractivity contribution is 0.216. The highest BCUT2D eigenvalue weighted by atomic mass is 16.5. The van der Waals surface area contributed by atoms with Gasteiger partial charge in [-0.2, -0.15) is 4.98 Å². The summed E-state index contributed by atoms with van der Waals surface area (Å²) in [6.45, 7) is 0.537. The van der Waals surface area contributed by atoms with Crippen LogP contribution in [0.25, 0.3) is 11.4 Å². The summed E-state index contributed by atoms with van der Waals surface area (Å²) in [5.41, 5.74) is 8.85. The Morgan fingerprint density at radius 1 is 1.00 bits per heavy atom. The van der Waals surface area contributed by atoms with E-state index in [-0.39, 0.29) is 5.41 Å². The average molecular weight is 305 g/mol. The first kappa shape index (κ1) is 14.2. The van der Waals surface area contributed by atoms with Crippen LogP contribution in [0.15, 0.2) is 59.1 Å². The van der Waals surface area contributed by atoms with Gasteiger partial charge in [0.15, 0.2) is 0 Å². The maximum atomic E-state index is 5.65. The van der Waals surface area contributed by atoms with Gasteiger partial charge in [0.2, 0.25) is 11.7 Å². The fourth-order valence-corrected chi connectivity index (χ4v) is 3.24. The molecule has 0 atom stereocenters. The highest BCUT2D eigenvalue weighted by molar-refractivity contribution is 5.55.